The number of halogens is 1. The van der Waals surface area contributed by atoms with Gasteiger partial charge in [-0.3, -0.25) is 4.79 Å². The van der Waals surface area contributed by atoms with Crippen LogP contribution in [-0.4, -0.2) is 27.4 Å². The Labute approximate surface area is 155 Å². The van der Waals surface area contributed by atoms with E-state index in [2.05, 4.69) is 23.3 Å². The third kappa shape index (κ3) is 2.81. The molecule has 2 aliphatic heterocycles. The molecule has 2 heterocycles. The first-order chi connectivity index (χ1) is 12.1. The highest BCUT2D eigenvalue weighted by molar-refractivity contribution is 8.16. The lowest BCUT2D eigenvalue weighted by atomic mass is 9.98. The lowest BCUT2D eigenvalue weighted by molar-refractivity contribution is -0.131. The maximum Gasteiger partial charge on any atom is 0.241 e. The van der Waals surface area contributed by atoms with Crippen molar-refractivity contribution in [3.63, 3.8) is 0 Å². The molecule has 25 heavy (non-hydrogen) atoms. The summed E-state index contributed by atoms with van der Waals surface area (Å²) >= 11 is 7.74. The van der Waals surface area contributed by atoms with Gasteiger partial charge in [-0.15, -0.1) is 0 Å². The molecule has 0 aromatic heterocycles. The number of hydrogen-bond donors (Lipinski definition) is 0. The van der Waals surface area contributed by atoms with Gasteiger partial charge in [-0.1, -0.05) is 53.7 Å². The zero-order valence-corrected chi connectivity index (χ0v) is 15.3. The lowest BCUT2D eigenvalue weighted by Gasteiger charge is -2.39. The van der Waals surface area contributed by atoms with Crippen molar-refractivity contribution < 1.29 is 9.53 Å². The molecule has 1 amide bonds. The molecule has 1 aliphatic carbocycles. The molecule has 1 aromatic rings. The van der Waals surface area contributed by atoms with Crippen molar-refractivity contribution in [2.24, 2.45) is 5.10 Å². The first-order valence-corrected chi connectivity index (χ1v) is 9.34. The van der Waals surface area contributed by atoms with Crippen LogP contribution in [0.3, 0.4) is 0 Å². The second-order valence-corrected chi connectivity index (χ2v) is 7.75. The summed E-state index contributed by atoms with van der Waals surface area (Å²) in [7, 11) is 0. The monoisotopic (exact) mass is 372 g/mol. The van der Waals surface area contributed by atoms with Crippen molar-refractivity contribution in [2.45, 2.75) is 24.6 Å². The molecular formula is C19H17ClN2O2S. The molecule has 0 N–H and O–H groups in total. The largest absolute Gasteiger partial charge is 0.493 e. The van der Waals surface area contributed by atoms with Crippen molar-refractivity contribution in [1.29, 1.82) is 0 Å². The van der Waals surface area contributed by atoms with Crippen LogP contribution in [0.2, 0.25) is 5.02 Å². The van der Waals surface area contributed by atoms with Crippen molar-refractivity contribution in [3.8, 4) is 0 Å². The van der Waals surface area contributed by atoms with Crippen LogP contribution in [0.15, 0.2) is 65.0 Å². The second-order valence-electron chi connectivity index (χ2n) is 6.05. The van der Waals surface area contributed by atoms with Crippen molar-refractivity contribution in [1.82, 2.24) is 5.01 Å². The van der Waals surface area contributed by atoms with E-state index in [9.17, 15) is 4.79 Å². The number of carbonyl (C=O) groups excluding carboxylic acids is 1. The van der Waals surface area contributed by atoms with Gasteiger partial charge in [-0.2, -0.15) is 5.10 Å². The van der Waals surface area contributed by atoms with Gasteiger partial charge in [0.1, 0.15) is 15.7 Å². The van der Waals surface area contributed by atoms with E-state index in [4.69, 9.17) is 16.3 Å². The van der Waals surface area contributed by atoms with E-state index in [-0.39, 0.29) is 5.91 Å². The van der Waals surface area contributed by atoms with Crippen LogP contribution >= 0.6 is 23.4 Å². The number of amides is 1. The molecule has 1 spiro atoms. The molecule has 1 aromatic carbocycles. The van der Waals surface area contributed by atoms with Crippen LogP contribution in [-0.2, 0) is 9.53 Å². The first-order valence-electron chi connectivity index (χ1n) is 8.15. The third-order valence-electron chi connectivity index (χ3n) is 4.38. The Morgan fingerprint density at radius 3 is 3.00 bits per heavy atom. The minimum atomic E-state index is -0.567. The molecule has 0 bridgehead atoms. The molecule has 0 saturated carbocycles. The summed E-state index contributed by atoms with van der Waals surface area (Å²) in [4.78, 5) is 11.8. The molecule has 1 atom stereocenters. The van der Waals surface area contributed by atoms with E-state index >= 15 is 0 Å². The topological polar surface area (TPSA) is 41.9 Å². The summed E-state index contributed by atoms with van der Waals surface area (Å²) in [6.45, 7) is 2.10. The smallest absolute Gasteiger partial charge is 0.241 e. The fourth-order valence-corrected chi connectivity index (χ4v) is 4.88. The summed E-state index contributed by atoms with van der Waals surface area (Å²) in [6, 6.07) is 7.57. The average molecular weight is 373 g/mol. The second kappa shape index (κ2) is 6.39. The Morgan fingerprint density at radius 2 is 2.20 bits per heavy atom. The number of hydrogen-bond acceptors (Lipinski definition) is 4. The number of ether oxygens (including phenoxy) is 1. The molecule has 4 rings (SSSR count). The standard InChI is InChI=1S/C19H17ClN2O2S/c1-13(23)22-19(10-11-24-17-9-4-2-3-8-16(17)19)25-18(21-22)14-6-5-7-15(20)12-14/h3-9,12H,2,10-11H2,1H3/t19-/m0/s1. The molecule has 0 fully saturated rings. The number of benzene rings is 1. The van der Waals surface area contributed by atoms with Gasteiger partial charge < -0.3 is 4.74 Å². The predicted octanol–water partition coefficient (Wildman–Crippen LogP) is 4.48. The Kier molecular flexibility index (Phi) is 4.21. The van der Waals surface area contributed by atoms with Crippen LogP contribution in [0.4, 0.5) is 0 Å². The number of nitrogens with zero attached hydrogens (tertiary/aromatic N) is 2. The molecular weight excluding hydrogens is 356 g/mol. The number of allylic oxidation sites excluding steroid dienone is 3. The highest BCUT2D eigenvalue weighted by atomic mass is 35.5. The number of carbonyl (C=O) groups is 1. The molecule has 4 nitrogen and oxygen atoms in total. The molecule has 0 saturated heterocycles. The van der Waals surface area contributed by atoms with E-state index in [1.165, 1.54) is 0 Å². The van der Waals surface area contributed by atoms with Gasteiger partial charge in [0.15, 0.2) is 0 Å². The zero-order valence-electron chi connectivity index (χ0n) is 13.7. The number of thioether (sulfide) groups is 1. The quantitative estimate of drug-likeness (QED) is 0.729. The molecule has 0 unspecified atom stereocenters. The highest BCUT2D eigenvalue weighted by Gasteiger charge is 2.51. The third-order valence-corrected chi connectivity index (χ3v) is 6.06. The fourth-order valence-electron chi connectivity index (χ4n) is 3.28. The minimum Gasteiger partial charge on any atom is -0.493 e. The Bertz CT molecular complexity index is 859. The number of fused-ring (bicyclic) bond motifs is 1. The van der Waals surface area contributed by atoms with Crippen LogP contribution in [0.1, 0.15) is 25.3 Å². The van der Waals surface area contributed by atoms with E-state index in [1.54, 1.807) is 23.7 Å². The summed E-state index contributed by atoms with van der Waals surface area (Å²) < 4.78 is 5.85. The SMILES string of the molecule is CC(=O)N1N=C(c2cccc(Cl)c2)S[C@]12CCOC1=C2C=CCC=C1. The number of hydrazone groups is 1. The molecule has 6 heteroatoms. The summed E-state index contributed by atoms with van der Waals surface area (Å²) in [5.74, 6) is 0.737. The van der Waals surface area contributed by atoms with Crippen LogP contribution < -0.4 is 0 Å². The van der Waals surface area contributed by atoms with Gasteiger partial charge in [-0.25, -0.2) is 5.01 Å². The predicted molar refractivity (Wildman–Crippen MR) is 101 cm³/mol. The fraction of sp³-hybridized carbons (Fsp3) is 0.263. The van der Waals surface area contributed by atoms with Gasteiger partial charge >= 0.3 is 0 Å². The molecule has 3 aliphatic rings. The van der Waals surface area contributed by atoms with E-state index in [0.717, 1.165) is 28.4 Å². The number of rotatable bonds is 1. The molecule has 128 valence electrons. The van der Waals surface area contributed by atoms with Gasteiger partial charge in [0.05, 0.1) is 6.61 Å². The summed E-state index contributed by atoms with van der Waals surface area (Å²) in [5, 5.41) is 7.71. The normalized spacial score (nSPS) is 24.9. The summed E-state index contributed by atoms with van der Waals surface area (Å²) in [6.07, 6.45) is 9.74. The maximum atomic E-state index is 12.4. The lowest BCUT2D eigenvalue weighted by Crippen LogP contribution is -2.47. The van der Waals surface area contributed by atoms with Crippen molar-refractivity contribution in [3.05, 3.63) is 70.5 Å². The minimum absolute atomic E-state index is 0.0834. The molecule has 0 radical (unpaired) electrons. The van der Waals surface area contributed by atoms with E-state index < -0.39 is 4.87 Å². The Hall–Kier alpha value is -1.98. The van der Waals surface area contributed by atoms with Gasteiger partial charge in [0.25, 0.3) is 0 Å². The van der Waals surface area contributed by atoms with Crippen molar-refractivity contribution in [2.75, 3.05) is 6.61 Å². The average Bonchev–Trinajstić information content (AvgIpc) is 2.79. The van der Waals surface area contributed by atoms with E-state index in [0.29, 0.717) is 18.1 Å². The van der Waals surface area contributed by atoms with Gasteiger partial charge in [-0.05, 0) is 24.6 Å². The van der Waals surface area contributed by atoms with Crippen LogP contribution in [0.5, 0.6) is 0 Å². The van der Waals surface area contributed by atoms with Gasteiger partial charge in [0.2, 0.25) is 5.91 Å². The van der Waals surface area contributed by atoms with E-state index in [1.807, 2.05) is 30.3 Å². The summed E-state index contributed by atoms with van der Waals surface area (Å²) in [5.41, 5.74) is 1.91. The van der Waals surface area contributed by atoms with Crippen molar-refractivity contribution >= 4 is 34.3 Å². The highest BCUT2D eigenvalue weighted by Crippen LogP contribution is 2.50. The van der Waals surface area contributed by atoms with Crippen LogP contribution in [0.25, 0.3) is 0 Å². The first kappa shape index (κ1) is 16.5. The maximum absolute atomic E-state index is 12.4. The Balaban J connectivity index is 1.82. The zero-order chi connectivity index (χ0) is 17.4. The van der Waals surface area contributed by atoms with Gasteiger partial charge in [0, 0.05) is 29.5 Å². The van der Waals surface area contributed by atoms with Crippen LogP contribution in [0, 0.1) is 0 Å². The Morgan fingerprint density at radius 1 is 1.36 bits per heavy atom.